The van der Waals surface area contributed by atoms with Crippen LogP contribution in [0.4, 0.5) is 0 Å². The van der Waals surface area contributed by atoms with Gasteiger partial charge in [-0.2, -0.15) is 0 Å². The van der Waals surface area contributed by atoms with E-state index in [9.17, 15) is 0 Å². The van der Waals surface area contributed by atoms with Gasteiger partial charge in [0, 0.05) is 18.0 Å². The standard InChI is InChI=1S/C6H8N2OS/c1-10-6-7-2-5(4-9)3-8-6/h2-3,9H,4H2,1H3/i4D2. The van der Waals surface area contributed by atoms with E-state index in [0.717, 1.165) is 0 Å². The second kappa shape index (κ2) is 3.53. The van der Waals surface area contributed by atoms with Gasteiger partial charge in [0.2, 0.25) is 0 Å². The minimum Gasteiger partial charge on any atom is -0.392 e. The third-order valence-electron chi connectivity index (χ3n) is 0.940. The lowest BCUT2D eigenvalue weighted by Crippen LogP contribution is -1.89. The van der Waals surface area contributed by atoms with Gasteiger partial charge >= 0.3 is 0 Å². The molecule has 1 aromatic rings. The molecule has 4 heteroatoms. The van der Waals surface area contributed by atoms with Gasteiger partial charge in [-0.15, -0.1) is 0 Å². The second-order valence-electron chi connectivity index (χ2n) is 1.57. The minimum absolute atomic E-state index is 0.0697. The van der Waals surface area contributed by atoms with Crippen molar-refractivity contribution in [1.29, 1.82) is 0 Å². The fourth-order valence-electron chi connectivity index (χ4n) is 0.479. The Labute approximate surface area is 66.3 Å². The molecule has 54 valence electrons. The molecule has 1 N–H and O–H groups in total. The van der Waals surface area contributed by atoms with Gasteiger partial charge in [0.15, 0.2) is 5.16 Å². The number of aromatic nitrogens is 2. The van der Waals surface area contributed by atoms with Crippen LogP contribution in [0.3, 0.4) is 0 Å². The highest BCUT2D eigenvalue weighted by atomic mass is 32.2. The Balaban J connectivity index is 2.93. The zero-order valence-corrected chi connectivity index (χ0v) is 6.22. The van der Waals surface area contributed by atoms with Crippen LogP contribution in [0.1, 0.15) is 8.30 Å². The first kappa shape index (κ1) is 5.09. The van der Waals surface area contributed by atoms with E-state index < -0.39 is 6.56 Å². The van der Waals surface area contributed by atoms with Crippen LogP contribution < -0.4 is 0 Å². The highest BCUT2D eigenvalue weighted by Gasteiger charge is 1.92. The molecular formula is C6H8N2OS. The first-order valence-electron chi connectivity index (χ1n) is 3.63. The molecule has 1 aromatic heterocycles. The van der Waals surface area contributed by atoms with Crippen LogP contribution in [0.5, 0.6) is 0 Å². The summed E-state index contributed by atoms with van der Waals surface area (Å²) in [6, 6.07) is 0. The number of hydrogen-bond donors (Lipinski definition) is 1. The largest absolute Gasteiger partial charge is 0.392 e. The van der Waals surface area contributed by atoms with Crippen molar-refractivity contribution in [3.05, 3.63) is 18.0 Å². The summed E-state index contributed by atoms with van der Waals surface area (Å²) >= 11 is 1.36. The topological polar surface area (TPSA) is 46.0 Å². The van der Waals surface area contributed by atoms with E-state index >= 15 is 0 Å². The maximum absolute atomic E-state index is 8.90. The van der Waals surface area contributed by atoms with Crippen LogP contribution in [0.25, 0.3) is 0 Å². The fraction of sp³-hybridized carbons (Fsp3) is 0.333. The highest BCUT2D eigenvalue weighted by Crippen LogP contribution is 2.06. The Hall–Kier alpha value is -0.610. The molecule has 0 atom stereocenters. The van der Waals surface area contributed by atoms with E-state index in [-0.39, 0.29) is 5.56 Å². The van der Waals surface area contributed by atoms with Crippen LogP contribution in [0.15, 0.2) is 17.6 Å². The molecule has 0 fully saturated rings. The normalized spacial score (nSPS) is 14.2. The van der Waals surface area contributed by atoms with Gasteiger partial charge in [0.25, 0.3) is 0 Å². The zero-order valence-electron chi connectivity index (χ0n) is 7.40. The van der Waals surface area contributed by atoms with Crippen molar-refractivity contribution < 1.29 is 7.85 Å². The summed E-state index contributed by atoms with van der Waals surface area (Å²) in [6.45, 7) is -2.35. The number of aliphatic hydroxyl groups is 1. The molecular weight excluding hydrogens is 148 g/mol. The average Bonchev–Trinajstić information content (AvgIpc) is 2.03. The molecule has 0 aliphatic heterocycles. The Morgan fingerprint density at radius 2 is 2.30 bits per heavy atom. The summed E-state index contributed by atoms with van der Waals surface area (Å²) in [5, 5.41) is 9.46. The number of hydrogen-bond acceptors (Lipinski definition) is 4. The molecule has 0 aromatic carbocycles. The predicted octanol–water partition coefficient (Wildman–Crippen LogP) is 0.691. The van der Waals surface area contributed by atoms with E-state index in [1.165, 1.54) is 24.2 Å². The van der Waals surface area contributed by atoms with Gasteiger partial charge in [-0.05, 0) is 6.26 Å². The van der Waals surface area contributed by atoms with Crippen molar-refractivity contribution in [2.24, 2.45) is 0 Å². The molecule has 3 nitrogen and oxygen atoms in total. The molecule has 0 unspecified atom stereocenters. The van der Waals surface area contributed by atoms with Gasteiger partial charge in [0.05, 0.1) is 9.30 Å². The summed E-state index contributed by atoms with van der Waals surface area (Å²) in [5.41, 5.74) is 0.0697. The zero-order chi connectivity index (χ0) is 9.19. The van der Waals surface area contributed by atoms with Gasteiger partial charge in [-0.25, -0.2) is 9.97 Å². The predicted molar refractivity (Wildman–Crippen MR) is 39.7 cm³/mol. The molecule has 0 spiro atoms. The van der Waals surface area contributed by atoms with E-state index in [0.29, 0.717) is 5.16 Å². The van der Waals surface area contributed by atoms with Gasteiger partial charge in [0.1, 0.15) is 0 Å². The van der Waals surface area contributed by atoms with Crippen molar-refractivity contribution in [2.75, 3.05) is 6.26 Å². The van der Waals surface area contributed by atoms with Crippen LogP contribution in [-0.2, 0) is 6.56 Å². The van der Waals surface area contributed by atoms with E-state index in [2.05, 4.69) is 9.97 Å². The summed E-state index contributed by atoms with van der Waals surface area (Å²) in [7, 11) is 0. The SMILES string of the molecule is [2H]C([2H])(O)c1cnc(SC)nc1. The molecule has 0 bridgehead atoms. The molecule has 1 heterocycles. The monoisotopic (exact) mass is 158 g/mol. The van der Waals surface area contributed by atoms with Crippen molar-refractivity contribution >= 4 is 11.8 Å². The third kappa shape index (κ3) is 1.68. The maximum Gasteiger partial charge on any atom is 0.187 e. The molecule has 0 aliphatic rings. The second-order valence-corrected chi connectivity index (χ2v) is 2.34. The van der Waals surface area contributed by atoms with Crippen LogP contribution >= 0.6 is 11.8 Å². The van der Waals surface area contributed by atoms with Gasteiger partial charge < -0.3 is 5.11 Å². The fourth-order valence-corrected chi connectivity index (χ4v) is 0.796. The maximum atomic E-state index is 8.90. The van der Waals surface area contributed by atoms with Crippen molar-refractivity contribution in [3.63, 3.8) is 0 Å². The molecule has 0 amide bonds. The van der Waals surface area contributed by atoms with Crippen LogP contribution in [0, 0.1) is 0 Å². The minimum atomic E-state index is -2.35. The Morgan fingerprint density at radius 1 is 1.70 bits per heavy atom. The number of nitrogens with zero attached hydrogens (tertiary/aromatic N) is 2. The molecule has 0 saturated heterocycles. The Bertz CT molecular complexity index is 259. The van der Waals surface area contributed by atoms with Crippen molar-refractivity contribution in [3.8, 4) is 0 Å². The van der Waals surface area contributed by atoms with Crippen LogP contribution in [0.2, 0.25) is 0 Å². The molecule has 0 saturated carbocycles. The molecule has 1 rings (SSSR count). The Morgan fingerprint density at radius 3 is 2.70 bits per heavy atom. The van der Waals surface area contributed by atoms with Crippen molar-refractivity contribution in [2.45, 2.75) is 11.7 Å². The summed E-state index contributed by atoms with van der Waals surface area (Å²) in [4.78, 5) is 7.63. The summed E-state index contributed by atoms with van der Waals surface area (Å²) in [6.07, 6.45) is 4.38. The first-order chi connectivity index (χ1) is 5.54. The van der Waals surface area contributed by atoms with Gasteiger partial charge in [-0.1, -0.05) is 11.8 Å². The number of thioether (sulfide) groups is 1. The summed E-state index contributed by atoms with van der Waals surface area (Å²) in [5.74, 6) is 0. The summed E-state index contributed by atoms with van der Waals surface area (Å²) < 4.78 is 13.9. The van der Waals surface area contributed by atoms with Crippen molar-refractivity contribution in [1.82, 2.24) is 9.97 Å². The molecule has 0 radical (unpaired) electrons. The highest BCUT2D eigenvalue weighted by molar-refractivity contribution is 7.98. The van der Waals surface area contributed by atoms with E-state index in [1.807, 2.05) is 6.26 Å². The molecule has 0 aliphatic carbocycles. The Kier molecular flexibility index (Phi) is 1.80. The lowest BCUT2D eigenvalue weighted by Gasteiger charge is -1.94. The van der Waals surface area contributed by atoms with E-state index in [1.54, 1.807) is 0 Å². The average molecular weight is 158 g/mol. The number of rotatable bonds is 2. The van der Waals surface area contributed by atoms with Crippen LogP contribution in [-0.4, -0.2) is 21.3 Å². The first-order valence-corrected chi connectivity index (χ1v) is 3.85. The smallest absolute Gasteiger partial charge is 0.187 e. The van der Waals surface area contributed by atoms with E-state index in [4.69, 9.17) is 7.85 Å². The molecule has 10 heavy (non-hydrogen) atoms. The van der Waals surface area contributed by atoms with Gasteiger partial charge in [-0.3, -0.25) is 0 Å². The third-order valence-corrected chi connectivity index (χ3v) is 1.52. The lowest BCUT2D eigenvalue weighted by molar-refractivity contribution is 0.280. The lowest BCUT2D eigenvalue weighted by atomic mass is 10.4. The quantitative estimate of drug-likeness (QED) is 0.508.